The number of nitrogens with zero attached hydrogens (tertiary/aromatic N) is 2. The summed E-state index contributed by atoms with van der Waals surface area (Å²) in [6, 6.07) is 3.93. The molecule has 0 radical (unpaired) electrons. The number of halogens is 1. The van der Waals surface area contributed by atoms with Crippen LogP contribution in [-0.2, 0) is 0 Å². The molecule has 0 spiro atoms. The Kier molecular flexibility index (Phi) is 5.64. The highest BCUT2D eigenvalue weighted by Gasteiger charge is 2.28. The van der Waals surface area contributed by atoms with Crippen molar-refractivity contribution in [1.82, 2.24) is 10.2 Å². The standard InChI is InChI=1S/C15H22FN3O2/c1-2-3-4-14(18-9-7-17-8-10-18)13-6-5-12(16)11-15(13)19(20)21/h5-6,11,14,17H,2-4,7-10H2,1H3/t14-/m0/s1. The molecular formula is C15H22FN3O2. The highest BCUT2D eigenvalue weighted by atomic mass is 19.1. The molecule has 6 heteroatoms. The first-order valence-corrected chi connectivity index (χ1v) is 7.52. The maximum absolute atomic E-state index is 13.3. The van der Waals surface area contributed by atoms with Crippen molar-refractivity contribution in [2.45, 2.75) is 32.2 Å². The second-order valence-electron chi connectivity index (χ2n) is 5.40. The quantitative estimate of drug-likeness (QED) is 0.647. The average molecular weight is 295 g/mol. The van der Waals surface area contributed by atoms with Crippen LogP contribution in [0.5, 0.6) is 0 Å². The topological polar surface area (TPSA) is 58.4 Å². The molecule has 1 fully saturated rings. The van der Waals surface area contributed by atoms with Gasteiger partial charge in [-0.25, -0.2) is 4.39 Å². The Labute approximate surface area is 124 Å². The molecule has 1 saturated heterocycles. The van der Waals surface area contributed by atoms with E-state index in [2.05, 4.69) is 17.1 Å². The van der Waals surface area contributed by atoms with Gasteiger partial charge in [0.1, 0.15) is 5.82 Å². The third-order valence-corrected chi connectivity index (χ3v) is 3.97. The second kappa shape index (κ2) is 7.47. The lowest BCUT2D eigenvalue weighted by Gasteiger charge is -2.35. The van der Waals surface area contributed by atoms with Gasteiger partial charge in [0, 0.05) is 37.8 Å². The fraction of sp³-hybridized carbons (Fsp3) is 0.600. The van der Waals surface area contributed by atoms with Gasteiger partial charge in [0.25, 0.3) is 5.69 Å². The van der Waals surface area contributed by atoms with Crippen molar-refractivity contribution in [2.24, 2.45) is 0 Å². The van der Waals surface area contributed by atoms with Crippen LogP contribution in [0.3, 0.4) is 0 Å². The summed E-state index contributed by atoms with van der Waals surface area (Å²) in [4.78, 5) is 13.0. The molecule has 1 aromatic rings. The molecule has 0 amide bonds. The zero-order valence-corrected chi connectivity index (χ0v) is 12.3. The number of benzene rings is 1. The number of nitro benzene ring substituents is 1. The summed E-state index contributed by atoms with van der Waals surface area (Å²) >= 11 is 0. The maximum atomic E-state index is 13.3. The summed E-state index contributed by atoms with van der Waals surface area (Å²) in [5.74, 6) is -0.556. The minimum atomic E-state index is -0.556. The van der Waals surface area contributed by atoms with E-state index in [1.807, 2.05) is 0 Å². The summed E-state index contributed by atoms with van der Waals surface area (Å²) in [6.45, 7) is 5.61. The Morgan fingerprint density at radius 1 is 1.43 bits per heavy atom. The van der Waals surface area contributed by atoms with Gasteiger partial charge in [-0.1, -0.05) is 19.8 Å². The minimum Gasteiger partial charge on any atom is -0.314 e. The molecule has 1 N–H and O–H groups in total. The van der Waals surface area contributed by atoms with Crippen LogP contribution in [0.25, 0.3) is 0 Å². The zero-order chi connectivity index (χ0) is 15.2. The van der Waals surface area contributed by atoms with Crippen LogP contribution in [0.4, 0.5) is 10.1 Å². The molecule has 1 aliphatic rings. The van der Waals surface area contributed by atoms with E-state index in [0.29, 0.717) is 5.56 Å². The van der Waals surface area contributed by atoms with Crippen LogP contribution in [0.2, 0.25) is 0 Å². The highest BCUT2D eigenvalue weighted by molar-refractivity contribution is 5.42. The average Bonchev–Trinajstić information content (AvgIpc) is 2.49. The van der Waals surface area contributed by atoms with Gasteiger partial charge in [-0.2, -0.15) is 0 Å². The number of hydrogen-bond acceptors (Lipinski definition) is 4. The van der Waals surface area contributed by atoms with Crippen molar-refractivity contribution >= 4 is 5.69 Å². The summed E-state index contributed by atoms with van der Waals surface area (Å²) < 4.78 is 13.3. The third kappa shape index (κ3) is 3.98. The van der Waals surface area contributed by atoms with Gasteiger partial charge in [-0.15, -0.1) is 0 Å². The molecule has 1 aromatic carbocycles. The number of nitrogens with one attached hydrogen (secondary N) is 1. The van der Waals surface area contributed by atoms with Gasteiger partial charge >= 0.3 is 0 Å². The molecule has 0 bridgehead atoms. The molecule has 1 aliphatic heterocycles. The predicted octanol–water partition coefficient (Wildman–Crippen LogP) is 2.87. The van der Waals surface area contributed by atoms with Crippen molar-refractivity contribution in [3.05, 3.63) is 39.7 Å². The molecule has 21 heavy (non-hydrogen) atoms. The fourth-order valence-corrected chi connectivity index (χ4v) is 2.88. The fourth-order valence-electron chi connectivity index (χ4n) is 2.88. The molecule has 2 rings (SSSR count). The Morgan fingerprint density at radius 3 is 2.76 bits per heavy atom. The van der Waals surface area contributed by atoms with E-state index in [1.165, 1.54) is 6.07 Å². The van der Waals surface area contributed by atoms with Crippen molar-refractivity contribution in [3.8, 4) is 0 Å². The van der Waals surface area contributed by atoms with Gasteiger partial charge in [0.15, 0.2) is 0 Å². The minimum absolute atomic E-state index is 0.00644. The van der Waals surface area contributed by atoms with Crippen molar-refractivity contribution < 1.29 is 9.31 Å². The summed E-state index contributed by atoms with van der Waals surface area (Å²) in [5.41, 5.74) is 0.534. The van der Waals surface area contributed by atoms with E-state index in [0.717, 1.165) is 51.5 Å². The Bertz CT molecular complexity index is 490. The molecule has 5 nitrogen and oxygen atoms in total. The van der Waals surface area contributed by atoms with Gasteiger partial charge in [-0.3, -0.25) is 15.0 Å². The zero-order valence-electron chi connectivity index (χ0n) is 12.3. The van der Waals surface area contributed by atoms with Crippen LogP contribution >= 0.6 is 0 Å². The normalized spacial score (nSPS) is 17.6. The lowest BCUT2D eigenvalue weighted by atomic mass is 9.97. The molecule has 0 unspecified atom stereocenters. The van der Waals surface area contributed by atoms with Crippen molar-refractivity contribution in [3.63, 3.8) is 0 Å². The number of rotatable bonds is 6. The lowest BCUT2D eigenvalue weighted by Crippen LogP contribution is -2.45. The maximum Gasteiger partial charge on any atom is 0.277 e. The van der Waals surface area contributed by atoms with E-state index >= 15 is 0 Å². The van der Waals surface area contributed by atoms with Crippen LogP contribution in [0.15, 0.2) is 18.2 Å². The van der Waals surface area contributed by atoms with Crippen molar-refractivity contribution in [1.29, 1.82) is 0 Å². The van der Waals surface area contributed by atoms with Crippen LogP contribution in [0, 0.1) is 15.9 Å². The predicted molar refractivity (Wildman–Crippen MR) is 79.8 cm³/mol. The van der Waals surface area contributed by atoms with E-state index in [9.17, 15) is 14.5 Å². The molecule has 0 saturated carbocycles. The third-order valence-electron chi connectivity index (χ3n) is 3.97. The summed E-state index contributed by atoms with van der Waals surface area (Å²) in [6.07, 6.45) is 2.91. The SMILES string of the molecule is CCCC[C@@H](c1ccc(F)cc1[N+](=O)[O-])N1CCNCC1. The monoisotopic (exact) mass is 295 g/mol. The van der Waals surface area contributed by atoms with Gasteiger partial charge in [0.05, 0.1) is 11.0 Å². The Balaban J connectivity index is 2.32. The molecule has 116 valence electrons. The first kappa shape index (κ1) is 15.9. The first-order valence-electron chi connectivity index (χ1n) is 7.52. The van der Waals surface area contributed by atoms with E-state index in [-0.39, 0.29) is 11.7 Å². The van der Waals surface area contributed by atoms with E-state index < -0.39 is 10.7 Å². The molecule has 0 aromatic heterocycles. The van der Waals surface area contributed by atoms with Gasteiger partial charge in [0.2, 0.25) is 0 Å². The smallest absolute Gasteiger partial charge is 0.277 e. The summed E-state index contributed by atoms with van der Waals surface area (Å²) in [5, 5.41) is 14.5. The van der Waals surface area contributed by atoms with Gasteiger partial charge in [-0.05, 0) is 18.6 Å². The van der Waals surface area contributed by atoms with E-state index in [4.69, 9.17) is 0 Å². The Morgan fingerprint density at radius 2 is 2.14 bits per heavy atom. The molecule has 0 aliphatic carbocycles. The lowest BCUT2D eigenvalue weighted by molar-refractivity contribution is -0.386. The number of nitro groups is 1. The van der Waals surface area contributed by atoms with Gasteiger partial charge < -0.3 is 5.32 Å². The number of unbranched alkanes of at least 4 members (excludes halogenated alkanes) is 1. The first-order chi connectivity index (χ1) is 10.1. The summed E-state index contributed by atoms with van der Waals surface area (Å²) in [7, 11) is 0. The highest BCUT2D eigenvalue weighted by Crippen LogP contribution is 2.33. The molecular weight excluding hydrogens is 273 g/mol. The molecule has 1 atom stereocenters. The van der Waals surface area contributed by atoms with E-state index in [1.54, 1.807) is 6.07 Å². The second-order valence-corrected chi connectivity index (χ2v) is 5.40. The number of piperazine rings is 1. The van der Waals surface area contributed by atoms with Crippen LogP contribution in [0.1, 0.15) is 37.8 Å². The van der Waals surface area contributed by atoms with Crippen molar-refractivity contribution in [2.75, 3.05) is 26.2 Å². The van der Waals surface area contributed by atoms with Crippen LogP contribution in [-0.4, -0.2) is 36.0 Å². The number of hydrogen-bond donors (Lipinski definition) is 1. The van der Waals surface area contributed by atoms with Crippen LogP contribution < -0.4 is 5.32 Å². The Hall–Kier alpha value is -1.53. The largest absolute Gasteiger partial charge is 0.314 e. The molecule has 1 heterocycles.